The molecule has 1 saturated carbocycles. The molecule has 0 aromatic rings. The average molecular weight is 227 g/mol. The Hall–Kier alpha value is -1.10. The zero-order valence-electron chi connectivity index (χ0n) is 9.48. The minimum Gasteiger partial charge on any atom is -0.469 e. The van der Waals surface area contributed by atoms with Crippen molar-refractivity contribution in [1.82, 2.24) is 4.90 Å². The number of rotatable bonds is 2. The van der Waals surface area contributed by atoms with Gasteiger partial charge in [0.15, 0.2) is 0 Å². The molecule has 0 aromatic carbocycles. The highest BCUT2D eigenvalue weighted by Crippen LogP contribution is 2.29. The van der Waals surface area contributed by atoms with Crippen molar-refractivity contribution in [3.63, 3.8) is 0 Å². The third-order valence-electron chi connectivity index (χ3n) is 3.45. The maximum absolute atomic E-state index is 11.5. The van der Waals surface area contributed by atoms with Crippen molar-refractivity contribution in [2.75, 3.05) is 20.4 Å². The topological polar surface area (TPSA) is 55.8 Å². The lowest BCUT2D eigenvalue weighted by Gasteiger charge is -2.32. The summed E-state index contributed by atoms with van der Waals surface area (Å²) in [6.07, 6.45) is 3.35. The standard InChI is InChI=1S/C11H17NO4/c1-15-11(14)8-2-4-9(5-3-8)12-7-16-6-10(12)13/h8-9H,2-7H2,1H3/t8-,9-. The first-order valence-electron chi connectivity index (χ1n) is 5.67. The minimum absolute atomic E-state index is 0.0138. The first-order chi connectivity index (χ1) is 7.72. The number of ether oxygens (including phenoxy) is 2. The molecule has 2 aliphatic rings. The van der Waals surface area contributed by atoms with Crippen molar-refractivity contribution < 1.29 is 19.1 Å². The van der Waals surface area contributed by atoms with Crippen LogP contribution < -0.4 is 0 Å². The molecule has 90 valence electrons. The summed E-state index contributed by atoms with van der Waals surface area (Å²) < 4.78 is 9.83. The van der Waals surface area contributed by atoms with E-state index in [4.69, 9.17) is 9.47 Å². The molecular weight excluding hydrogens is 210 g/mol. The molecule has 0 aromatic heterocycles. The van der Waals surface area contributed by atoms with Gasteiger partial charge in [-0.25, -0.2) is 0 Å². The van der Waals surface area contributed by atoms with Crippen LogP contribution in [0.3, 0.4) is 0 Å². The average Bonchev–Trinajstić information content (AvgIpc) is 2.75. The molecule has 0 bridgehead atoms. The van der Waals surface area contributed by atoms with Gasteiger partial charge in [0.2, 0.25) is 0 Å². The smallest absolute Gasteiger partial charge is 0.308 e. The molecule has 5 heteroatoms. The van der Waals surface area contributed by atoms with Crippen LogP contribution in [0.5, 0.6) is 0 Å². The number of amides is 1. The Morgan fingerprint density at radius 1 is 1.38 bits per heavy atom. The van der Waals surface area contributed by atoms with Crippen LogP contribution in [0, 0.1) is 5.92 Å². The van der Waals surface area contributed by atoms with Gasteiger partial charge in [0.25, 0.3) is 5.91 Å². The summed E-state index contributed by atoms with van der Waals surface area (Å²) in [6, 6.07) is 0.246. The van der Waals surface area contributed by atoms with Crippen molar-refractivity contribution >= 4 is 11.9 Å². The van der Waals surface area contributed by atoms with Gasteiger partial charge in [0.05, 0.1) is 13.0 Å². The first-order valence-corrected chi connectivity index (χ1v) is 5.67. The number of hydrogen-bond acceptors (Lipinski definition) is 4. The zero-order valence-corrected chi connectivity index (χ0v) is 9.48. The molecule has 16 heavy (non-hydrogen) atoms. The largest absolute Gasteiger partial charge is 0.469 e. The number of carbonyl (C=O) groups excluding carboxylic acids is 2. The molecule has 1 aliphatic carbocycles. The van der Waals surface area contributed by atoms with Gasteiger partial charge in [-0.1, -0.05) is 0 Å². The van der Waals surface area contributed by atoms with Crippen LogP contribution in [0.2, 0.25) is 0 Å². The van der Waals surface area contributed by atoms with Gasteiger partial charge < -0.3 is 14.4 Å². The lowest BCUT2D eigenvalue weighted by molar-refractivity contribution is -0.147. The lowest BCUT2D eigenvalue weighted by atomic mass is 9.85. The Labute approximate surface area is 94.7 Å². The SMILES string of the molecule is COC(=O)[C@H]1CC[C@H](N2COCC2=O)CC1. The van der Waals surface area contributed by atoms with Gasteiger partial charge >= 0.3 is 5.97 Å². The second-order valence-electron chi connectivity index (χ2n) is 4.37. The molecule has 1 heterocycles. The van der Waals surface area contributed by atoms with Crippen molar-refractivity contribution in [2.24, 2.45) is 5.92 Å². The summed E-state index contributed by atoms with van der Waals surface area (Å²) >= 11 is 0. The van der Waals surface area contributed by atoms with E-state index in [9.17, 15) is 9.59 Å². The number of nitrogens with zero attached hydrogens (tertiary/aromatic N) is 1. The Bertz CT molecular complexity index is 284. The van der Waals surface area contributed by atoms with E-state index >= 15 is 0 Å². The Kier molecular flexibility index (Phi) is 3.43. The lowest BCUT2D eigenvalue weighted by Crippen LogP contribution is -2.40. The van der Waals surface area contributed by atoms with Gasteiger partial charge in [-0.2, -0.15) is 0 Å². The van der Waals surface area contributed by atoms with E-state index in [2.05, 4.69) is 0 Å². The first kappa shape index (κ1) is 11.4. The molecule has 0 unspecified atom stereocenters. The molecule has 0 radical (unpaired) electrons. The van der Waals surface area contributed by atoms with Crippen LogP contribution in [-0.2, 0) is 19.1 Å². The highest BCUT2D eigenvalue weighted by molar-refractivity contribution is 5.79. The summed E-state index contributed by atoms with van der Waals surface area (Å²) in [7, 11) is 1.42. The predicted molar refractivity (Wildman–Crippen MR) is 55.4 cm³/mol. The Balaban J connectivity index is 1.85. The highest BCUT2D eigenvalue weighted by atomic mass is 16.5. The second-order valence-corrected chi connectivity index (χ2v) is 4.37. The van der Waals surface area contributed by atoms with Gasteiger partial charge in [0, 0.05) is 6.04 Å². The molecule has 0 spiro atoms. The molecule has 2 fully saturated rings. The van der Waals surface area contributed by atoms with E-state index in [0.717, 1.165) is 25.7 Å². The monoisotopic (exact) mass is 227 g/mol. The van der Waals surface area contributed by atoms with Crippen molar-refractivity contribution in [3.05, 3.63) is 0 Å². The van der Waals surface area contributed by atoms with E-state index in [0.29, 0.717) is 6.73 Å². The fraction of sp³-hybridized carbons (Fsp3) is 0.818. The fourth-order valence-electron chi connectivity index (χ4n) is 2.49. The third-order valence-corrected chi connectivity index (χ3v) is 3.45. The van der Waals surface area contributed by atoms with Crippen LogP contribution in [-0.4, -0.2) is 43.3 Å². The highest BCUT2D eigenvalue weighted by Gasteiger charge is 2.34. The zero-order chi connectivity index (χ0) is 11.5. The van der Waals surface area contributed by atoms with E-state index in [1.54, 1.807) is 4.90 Å². The summed E-state index contributed by atoms with van der Waals surface area (Å²) in [5.41, 5.74) is 0. The quantitative estimate of drug-likeness (QED) is 0.646. The molecule has 1 saturated heterocycles. The Morgan fingerprint density at radius 3 is 2.56 bits per heavy atom. The van der Waals surface area contributed by atoms with Gasteiger partial charge in [-0.3, -0.25) is 9.59 Å². The van der Waals surface area contributed by atoms with Crippen LogP contribution in [0.1, 0.15) is 25.7 Å². The van der Waals surface area contributed by atoms with Crippen LogP contribution in [0.25, 0.3) is 0 Å². The van der Waals surface area contributed by atoms with Gasteiger partial charge in [-0.05, 0) is 25.7 Å². The maximum Gasteiger partial charge on any atom is 0.308 e. The van der Waals surface area contributed by atoms with Crippen LogP contribution in [0.4, 0.5) is 0 Å². The number of methoxy groups -OCH3 is 1. The van der Waals surface area contributed by atoms with E-state index < -0.39 is 0 Å². The normalized spacial score (nSPS) is 30.6. The molecular formula is C11H17NO4. The molecule has 2 rings (SSSR count). The van der Waals surface area contributed by atoms with Gasteiger partial charge in [0.1, 0.15) is 13.3 Å². The summed E-state index contributed by atoms with van der Waals surface area (Å²) in [5, 5.41) is 0. The van der Waals surface area contributed by atoms with Crippen LogP contribution >= 0.6 is 0 Å². The maximum atomic E-state index is 11.5. The molecule has 1 aliphatic heterocycles. The number of esters is 1. The fourth-order valence-corrected chi connectivity index (χ4v) is 2.49. The van der Waals surface area contributed by atoms with Crippen molar-refractivity contribution in [1.29, 1.82) is 0 Å². The summed E-state index contributed by atoms with van der Waals surface area (Å²) in [5.74, 6) is -0.0381. The predicted octanol–water partition coefficient (Wildman–Crippen LogP) is 0.534. The summed E-state index contributed by atoms with van der Waals surface area (Å²) in [6.45, 7) is 0.614. The summed E-state index contributed by atoms with van der Waals surface area (Å²) in [4.78, 5) is 24.6. The Morgan fingerprint density at radius 2 is 2.06 bits per heavy atom. The van der Waals surface area contributed by atoms with E-state index in [1.807, 2.05) is 0 Å². The second kappa shape index (κ2) is 4.82. The molecule has 0 atom stereocenters. The number of hydrogen-bond donors (Lipinski definition) is 0. The van der Waals surface area contributed by atoms with E-state index in [1.165, 1.54) is 7.11 Å². The van der Waals surface area contributed by atoms with Gasteiger partial charge in [-0.15, -0.1) is 0 Å². The van der Waals surface area contributed by atoms with Crippen LogP contribution in [0.15, 0.2) is 0 Å². The molecule has 1 amide bonds. The van der Waals surface area contributed by atoms with E-state index in [-0.39, 0.29) is 30.4 Å². The van der Waals surface area contributed by atoms with Crippen molar-refractivity contribution in [2.45, 2.75) is 31.7 Å². The minimum atomic E-state index is -0.123. The molecule has 5 nitrogen and oxygen atoms in total. The third kappa shape index (κ3) is 2.19. The number of carbonyl (C=O) groups is 2. The van der Waals surface area contributed by atoms with Crippen molar-refractivity contribution in [3.8, 4) is 0 Å². The molecule has 0 N–H and O–H groups in total.